The molecule has 0 aliphatic rings. The lowest BCUT2D eigenvalue weighted by molar-refractivity contribution is 0.731. The number of hydrogen-bond donors (Lipinski definition) is 0. The van der Waals surface area contributed by atoms with Gasteiger partial charge in [0.25, 0.3) is 0 Å². The van der Waals surface area contributed by atoms with Crippen LogP contribution in [0.5, 0.6) is 0 Å². The molecule has 1 heterocycles. The molecule has 0 fully saturated rings. The van der Waals surface area contributed by atoms with Crippen molar-refractivity contribution in [2.45, 2.75) is 34.6 Å². The van der Waals surface area contributed by atoms with Crippen LogP contribution in [0.4, 0.5) is 0 Å². The smallest absolute Gasteiger partial charge is 0.0915 e. The summed E-state index contributed by atoms with van der Waals surface area (Å²) >= 11 is 0. The average Bonchev–Trinajstić information content (AvgIpc) is 2.44. The fourth-order valence-electron chi connectivity index (χ4n) is 2.04. The molecule has 0 bridgehead atoms. The maximum atomic E-state index is 4.44. The predicted molar refractivity (Wildman–Crippen MR) is 65.0 cm³/mol. The molecule has 3 nitrogen and oxygen atoms in total. The van der Waals surface area contributed by atoms with Gasteiger partial charge in [-0.1, -0.05) is 17.7 Å². The minimum atomic E-state index is 0.986. The van der Waals surface area contributed by atoms with Gasteiger partial charge in [-0.3, -0.25) is 0 Å². The van der Waals surface area contributed by atoms with Crippen LogP contribution >= 0.6 is 0 Å². The summed E-state index contributed by atoms with van der Waals surface area (Å²) in [7, 11) is 0. The molecule has 1 aromatic heterocycles. The number of rotatable bonds is 1. The van der Waals surface area contributed by atoms with Crippen molar-refractivity contribution < 1.29 is 0 Å². The van der Waals surface area contributed by atoms with Crippen LogP contribution in [0.1, 0.15) is 28.1 Å². The van der Waals surface area contributed by atoms with E-state index in [0.29, 0.717) is 0 Å². The lowest BCUT2D eigenvalue weighted by Gasteiger charge is -2.09. The van der Waals surface area contributed by atoms with Gasteiger partial charge in [0.2, 0.25) is 0 Å². The summed E-state index contributed by atoms with van der Waals surface area (Å²) in [6, 6.07) is 4.33. The molecule has 0 saturated carbocycles. The number of aryl methyl sites for hydroxylation is 5. The molecule has 0 amide bonds. The molecule has 2 rings (SSSR count). The molecule has 0 atom stereocenters. The highest BCUT2D eigenvalue weighted by molar-refractivity contribution is 5.48. The maximum Gasteiger partial charge on any atom is 0.0915 e. The quantitative estimate of drug-likeness (QED) is 0.732. The van der Waals surface area contributed by atoms with E-state index in [1.54, 1.807) is 4.80 Å². The van der Waals surface area contributed by atoms with Gasteiger partial charge in [0.15, 0.2) is 0 Å². The van der Waals surface area contributed by atoms with Crippen molar-refractivity contribution in [3.8, 4) is 5.69 Å². The largest absolute Gasteiger partial charge is 0.153 e. The second-order valence-corrected chi connectivity index (χ2v) is 4.41. The Morgan fingerprint density at radius 1 is 0.812 bits per heavy atom. The van der Waals surface area contributed by atoms with E-state index in [-0.39, 0.29) is 0 Å². The predicted octanol–water partition coefficient (Wildman–Crippen LogP) is 2.81. The number of nitrogens with zero attached hydrogens (tertiary/aromatic N) is 3. The van der Waals surface area contributed by atoms with Crippen molar-refractivity contribution >= 4 is 0 Å². The van der Waals surface area contributed by atoms with Gasteiger partial charge in [-0.25, -0.2) is 0 Å². The highest BCUT2D eigenvalue weighted by atomic mass is 15.5. The van der Waals surface area contributed by atoms with E-state index in [2.05, 4.69) is 43.1 Å². The van der Waals surface area contributed by atoms with Crippen LogP contribution in [0, 0.1) is 34.6 Å². The SMILES string of the molecule is Cc1cc(C)c(-n2nc(C)c(C)n2)c(C)c1. The molecule has 0 unspecified atom stereocenters. The first kappa shape index (κ1) is 10.9. The van der Waals surface area contributed by atoms with Gasteiger partial charge in [0.1, 0.15) is 0 Å². The lowest BCUT2D eigenvalue weighted by atomic mass is 10.1. The first-order valence-electron chi connectivity index (χ1n) is 5.48. The van der Waals surface area contributed by atoms with Gasteiger partial charge in [0, 0.05) is 0 Å². The third-order valence-electron chi connectivity index (χ3n) is 2.85. The Balaban J connectivity index is 2.64. The topological polar surface area (TPSA) is 30.7 Å². The molecule has 0 N–H and O–H groups in total. The summed E-state index contributed by atoms with van der Waals surface area (Å²) in [5, 5.41) is 8.87. The summed E-state index contributed by atoms with van der Waals surface area (Å²) in [4.78, 5) is 1.74. The minimum absolute atomic E-state index is 0.986. The van der Waals surface area contributed by atoms with Crippen LogP contribution in [-0.4, -0.2) is 15.0 Å². The summed E-state index contributed by atoms with van der Waals surface area (Å²) < 4.78 is 0. The minimum Gasteiger partial charge on any atom is -0.153 e. The second-order valence-electron chi connectivity index (χ2n) is 4.41. The van der Waals surface area contributed by atoms with Crippen LogP contribution in [0.15, 0.2) is 12.1 Å². The van der Waals surface area contributed by atoms with Gasteiger partial charge >= 0.3 is 0 Å². The van der Waals surface area contributed by atoms with Gasteiger partial charge in [-0.05, 0) is 45.7 Å². The zero-order valence-corrected chi connectivity index (χ0v) is 10.5. The van der Waals surface area contributed by atoms with E-state index in [9.17, 15) is 0 Å². The average molecular weight is 215 g/mol. The van der Waals surface area contributed by atoms with E-state index < -0.39 is 0 Å². The van der Waals surface area contributed by atoms with Crippen LogP contribution in [0.2, 0.25) is 0 Å². The second kappa shape index (κ2) is 3.74. The van der Waals surface area contributed by atoms with Crippen LogP contribution in [0.25, 0.3) is 5.69 Å². The summed E-state index contributed by atoms with van der Waals surface area (Å²) in [6.45, 7) is 10.3. The third-order valence-corrected chi connectivity index (χ3v) is 2.85. The van der Waals surface area contributed by atoms with E-state index in [1.165, 1.54) is 16.7 Å². The van der Waals surface area contributed by atoms with Crippen molar-refractivity contribution in [1.82, 2.24) is 15.0 Å². The lowest BCUT2D eigenvalue weighted by Crippen LogP contribution is -2.04. The normalized spacial score (nSPS) is 10.8. The molecular weight excluding hydrogens is 198 g/mol. The summed E-state index contributed by atoms with van der Waals surface area (Å²) in [5.41, 5.74) is 6.78. The van der Waals surface area contributed by atoms with Gasteiger partial charge < -0.3 is 0 Å². The van der Waals surface area contributed by atoms with Crippen molar-refractivity contribution in [3.05, 3.63) is 40.2 Å². The summed E-state index contributed by atoms with van der Waals surface area (Å²) in [5.74, 6) is 0. The fourth-order valence-corrected chi connectivity index (χ4v) is 2.04. The van der Waals surface area contributed by atoms with E-state index in [0.717, 1.165) is 17.1 Å². The van der Waals surface area contributed by atoms with E-state index in [4.69, 9.17) is 0 Å². The zero-order valence-electron chi connectivity index (χ0n) is 10.5. The Hall–Kier alpha value is -1.64. The molecule has 0 aliphatic carbocycles. The van der Waals surface area contributed by atoms with Crippen molar-refractivity contribution in [3.63, 3.8) is 0 Å². The number of aromatic nitrogens is 3. The molecule has 0 aliphatic heterocycles. The monoisotopic (exact) mass is 215 g/mol. The van der Waals surface area contributed by atoms with Gasteiger partial charge in [-0.2, -0.15) is 15.0 Å². The Kier molecular flexibility index (Phi) is 2.54. The molecule has 84 valence electrons. The van der Waals surface area contributed by atoms with Crippen molar-refractivity contribution in [2.24, 2.45) is 0 Å². The van der Waals surface area contributed by atoms with Crippen LogP contribution in [0.3, 0.4) is 0 Å². The molecule has 0 spiro atoms. The first-order valence-corrected chi connectivity index (χ1v) is 5.48. The number of benzene rings is 1. The Labute approximate surface area is 96.1 Å². The highest BCUT2D eigenvalue weighted by Crippen LogP contribution is 2.19. The highest BCUT2D eigenvalue weighted by Gasteiger charge is 2.10. The molecule has 1 aromatic carbocycles. The fraction of sp³-hybridized carbons (Fsp3) is 0.385. The Morgan fingerprint density at radius 3 is 1.69 bits per heavy atom. The number of hydrogen-bond acceptors (Lipinski definition) is 2. The molecule has 0 saturated heterocycles. The van der Waals surface area contributed by atoms with Crippen LogP contribution in [-0.2, 0) is 0 Å². The van der Waals surface area contributed by atoms with E-state index >= 15 is 0 Å². The zero-order chi connectivity index (χ0) is 11.9. The summed E-state index contributed by atoms with van der Waals surface area (Å²) in [6.07, 6.45) is 0. The van der Waals surface area contributed by atoms with Gasteiger partial charge in [0.05, 0.1) is 17.1 Å². The molecule has 2 aromatic rings. The van der Waals surface area contributed by atoms with Crippen LogP contribution < -0.4 is 0 Å². The Morgan fingerprint density at radius 2 is 1.25 bits per heavy atom. The molecule has 16 heavy (non-hydrogen) atoms. The van der Waals surface area contributed by atoms with Crippen molar-refractivity contribution in [1.29, 1.82) is 0 Å². The molecule has 3 heteroatoms. The standard InChI is InChI=1S/C13H17N3/c1-8-6-9(2)13(10(3)7-8)16-14-11(4)12(5)15-16/h6-7H,1-5H3. The molecule has 0 radical (unpaired) electrons. The third kappa shape index (κ3) is 1.73. The van der Waals surface area contributed by atoms with E-state index in [1.807, 2.05) is 13.8 Å². The Bertz CT molecular complexity index is 496. The first-order chi connectivity index (χ1) is 7.49. The van der Waals surface area contributed by atoms with Crippen molar-refractivity contribution in [2.75, 3.05) is 0 Å². The van der Waals surface area contributed by atoms with Gasteiger partial charge in [-0.15, -0.1) is 0 Å². The molecular formula is C13H17N3. The maximum absolute atomic E-state index is 4.44.